The molecule has 2 heterocycles. The molecule has 1 saturated heterocycles. The maximum atomic E-state index is 9.56. The number of hydrogen-bond acceptors (Lipinski definition) is 5. The molecule has 23 heavy (non-hydrogen) atoms. The van der Waals surface area contributed by atoms with Gasteiger partial charge in [0.1, 0.15) is 0 Å². The van der Waals surface area contributed by atoms with Crippen LogP contribution >= 0.6 is 0 Å². The molecule has 2 atom stereocenters. The summed E-state index contributed by atoms with van der Waals surface area (Å²) in [7, 11) is 0. The van der Waals surface area contributed by atoms with Crippen molar-refractivity contribution in [2.45, 2.75) is 57.7 Å². The summed E-state index contributed by atoms with van der Waals surface area (Å²) in [4.78, 5) is 6.81. The van der Waals surface area contributed by atoms with Gasteiger partial charge < -0.3 is 9.63 Å². The summed E-state index contributed by atoms with van der Waals surface area (Å²) >= 11 is 0. The number of benzene rings is 1. The third kappa shape index (κ3) is 4.18. The van der Waals surface area contributed by atoms with E-state index in [-0.39, 0.29) is 12.6 Å². The normalized spacial score (nSPS) is 22.3. The molecule has 0 radical (unpaired) electrons. The fourth-order valence-corrected chi connectivity index (χ4v) is 3.33. The van der Waals surface area contributed by atoms with Crippen LogP contribution in [0.15, 0.2) is 34.9 Å². The third-order valence-corrected chi connectivity index (χ3v) is 4.71. The number of aryl methyl sites for hydroxylation is 2. The summed E-state index contributed by atoms with van der Waals surface area (Å²) in [5, 5.41) is 13.7. The van der Waals surface area contributed by atoms with Gasteiger partial charge in [-0.1, -0.05) is 41.9 Å². The third-order valence-electron chi connectivity index (χ3n) is 4.71. The average molecular weight is 315 g/mol. The first kappa shape index (κ1) is 16.1. The van der Waals surface area contributed by atoms with Crippen molar-refractivity contribution >= 4 is 0 Å². The molecule has 0 bridgehead atoms. The number of aliphatic hydroxyl groups excluding tert-OH is 1. The summed E-state index contributed by atoms with van der Waals surface area (Å²) in [5.41, 5.74) is 1.28. The lowest BCUT2D eigenvalue weighted by Crippen LogP contribution is -2.46. The lowest BCUT2D eigenvalue weighted by Gasteiger charge is -2.38. The van der Waals surface area contributed by atoms with Crippen molar-refractivity contribution in [2.75, 3.05) is 6.61 Å². The van der Waals surface area contributed by atoms with Gasteiger partial charge >= 0.3 is 0 Å². The van der Waals surface area contributed by atoms with Gasteiger partial charge in [0.15, 0.2) is 5.82 Å². The lowest BCUT2D eigenvalue weighted by atomic mass is 9.97. The average Bonchev–Trinajstić information content (AvgIpc) is 3.03. The van der Waals surface area contributed by atoms with E-state index >= 15 is 0 Å². The molecule has 5 nitrogen and oxygen atoms in total. The predicted molar refractivity (Wildman–Crippen MR) is 87.9 cm³/mol. The van der Waals surface area contributed by atoms with Crippen LogP contribution in [0.5, 0.6) is 0 Å². The second-order valence-electron chi connectivity index (χ2n) is 6.38. The molecule has 5 heteroatoms. The number of nitrogens with zero attached hydrogens (tertiary/aromatic N) is 3. The molecule has 3 rings (SSSR count). The van der Waals surface area contributed by atoms with E-state index in [1.165, 1.54) is 12.0 Å². The highest BCUT2D eigenvalue weighted by Crippen LogP contribution is 2.24. The molecule has 1 aromatic heterocycles. The predicted octanol–water partition coefficient (Wildman–Crippen LogP) is 2.59. The van der Waals surface area contributed by atoms with Gasteiger partial charge in [-0.3, -0.25) is 4.90 Å². The van der Waals surface area contributed by atoms with Gasteiger partial charge in [0.05, 0.1) is 13.2 Å². The van der Waals surface area contributed by atoms with Gasteiger partial charge in [0.2, 0.25) is 5.89 Å². The highest BCUT2D eigenvalue weighted by Gasteiger charge is 2.28. The Bertz CT molecular complexity index is 599. The van der Waals surface area contributed by atoms with Crippen LogP contribution in [0.3, 0.4) is 0 Å². The van der Waals surface area contributed by atoms with Crippen LogP contribution in [0.25, 0.3) is 0 Å². The minimum Gasteiger partial charge on any atom is -0.395 e. The van der Waals surface area contributed by atoms with E-state index in [9.17, 15) is 5.11 Å². The second-order valence-corrected chi connectivity index (χ2v) is 6.38. The van der Waals surface area contributed by atoms with E-state index in [1.807, 2.05) is 18.2 Å². The first-order valence-electron chi connectivity index (χ1n) is 8.48. The van der Waals surface area contributed by atoms with Gasteiger partial charge in [-0.05, 0) is 31.7 Å². The number of likely N-dealkylation sites (tertiary alicyclic amines) is 1. The molecule has 1 aliphatic rings. The molecule has 124 valence electrons. The Morgan fingerprint density at radius 2 is 2.04 bits per heavy atom. The second kappa shape index (κ2) is 7.70. The Labute approximate surface area is 137 Å². The molecule has 2 aromatic rings. The van der Waals surface area contributed by atoms with Crippen LogP contribution in [0.1, 0.15) is 43.5 Å². The van der Waals surface area contributed by atoms with E-state index in [4.69, 9.17) is 4.52 Å². The van der Waals surface area contributed by atoms with Crippen molar-refractivity contribution in [3.8, 4) is 0 Å². The van der Waals surface area contributed by atoms with Crippen molar-refractivity contribution in [3.05, 3.63) is 47.6 Å². The van der Waals surface area contributed by atoms with Crippen LogP contribution in [-0.2, 0) is 19.4 Å². The lowest BCUT2D eigenvalue weighted by molar-refractivity contribution is 0.0370. The Kier molecular flexibility index (Phi) is 5.41. The maximum Gasteiger partial charge on any atom is 0.240 e. The zero-order chi connectivity index (χ0) is 16.1. The molecule has 0 amide bonds. The minimum atomic E-state index is 0.194. The van der Waals surface area contributed by atoms with Crippen LogP contribution in [0, 0.1) is 0 Å². The largest absolute Gasteiger partial charge is 0.395 e. The molecule has 0 aliphatic carbocycles. The Morgan fingerprint density at radius 3 is 2.83 bits per heavy atom. The van der Waals surface area contributed by atoms with Crippen molar-refractivity contribution < 1.29 is 9.63 Å². The summed E-state index contributed by atoms with van der Waals surface area (Å²) in [5.74, 6) is 1.41. The molecule has 0 saturated carbocycles. The first-order valence-corrected chi connectivity index (χ1v) is 8.48. The summed E-state index contributed by atoms with van der Waals surface area (Å²) in [6.07, 6.45) is 5.07. The molecule has 1 fully saturated rings. The molecule has 2 unspecified atom stereocenters. The van der Waals surface area contributed by atoms with E-state index < -0.39 is 0 Å². The molecule has 0 spiro atoms. The smallest absolute Gasteiger partial charge is 0.240 e. The molecular formula is C18H25N3O2. The van der Waals surface area contributed by atoms with Crippen molar-refractivity contribution in [3.63, 3.8) is 0 Å². The topological polar surface area (TPSA) is 62.4 Å². The van der Waals surface area contributed by atoms with Gasteiger partial charge in [0.25, 0.3) is 0 Å². The maximum absolute atomic E-state index is 9.56. The zero-order valence-electron chi connectivity index (χ0n) is 13.7. The number of rotatable bonds is 6. The van der Waals surface area contributed by atoms with Gasteiger partial charge in [0, 0.05) is 18.5 Å². The fraction of sp³-hybridized carbons (Fsp3) is 0.556. The Hall–Kier alpha value is -1.72. The first-order chi connectivity index (χ1) is 11.3. The minimum absolute atomic E-state index is 0.194. The van der Waals surface area contributed by atoms with Gasteiger partial charge in [-0.25, -0.2) is 0 Å². The van der Waals surface area contributed by atoms with E-state index in [0.29, 0.717) is 18.5 Å². The summed E-state index contributed by atoms with van der Waals surface area (Å²) < 4.78 is 5.41. The Balaban J connectivity index is 1.58. The van der Waals surface area contributed by atoms with Crippen LogP contribution in [-0.4, -0.2) is 38.8 Å². The molecule has 1 aromatic carbocycles. The summed E-state index contributed by atoms with van der Waals surface area (Å²) in [6, 6.07) is 11.0. The monoisotopic (exact) mass is 315 g/mol. The number of aromatic nitrogens is 2. The Morgan fingerprint density at radius 1 is 1.22 bits per heavy atom. The van der Waals surface area contributed by atoms with Crippen LogP contribution in [0.4, 0.5) is 0 Å². The van der Waals surface area contributed by atoms with Crippen LogP contribution < -0.4 is 0 Å². The van der Waals surface area contributed by atoms with Gasteiger partial charge in [-0.15, -0.1) is 0 Å². The fourth-order valence-electron chi connectivity index (χ4n) is 3.33. The number of hydrogen-bond donors (Lipinski definition) is 1. The molecule has 1 N–H and O–H groups in total. The molecule has 1 aliphatic heterocycles. The van der Waals surface area contributed by atoms with Crippen LogP contribution in [0.2, 0.25) is 0 Å². The van der Waals surface area contributed by atoms with Crippen molar-refractivity contribution in [1.82, 2.24) is 15.0 Å². The zero-order valence-corrected chi connectivity index (χ0v) is 13.7. The SMILES string of the molecule is CC1CCCC(CO)N1Cc1nc(CCc2ccccc2)no1. The van der Waals surface area contributed by atoms with Crippen molar-refractivity contribution in [1.29, 1.82) is 0 Å². The highest BCUT2D eigenvalue weighted by atomic mass is 16.5. The quantitative estimate of drug-likeness (QED) is 0.888. The highest BCUT2D eigenvalue weighted by molar-refractivity contribution is 5.15. The number of aliphatic hydroxyl groups is 1. The summed E-state index contributed by atoms with van der Waals surface area (Å²) in [6.45, 7) is 3.03. The van der Waals surface area contributed by atoms with E-state index in [1.54, 1.807) is 0 Å². The standard InChI is InChI=1S/C18H25N3O2/c1-14-6-5-9-16(13-22)21(14)12-18-19-17(20-23-18)11-10-15-7-3-2-4-8-15/h2-4,7-8,14,16,22H,5-6,9-13H2,1H3. The molecular weight excluding hydrogens is 290 g/mol. The van der Waals surface area contributed by atoms with E-state index in [2.05, 4.69) is 34.1 Å². The van der Waals surface area contributed by atoms with Crippen molar-refractivity contribution in [2.24, 2.45) is 0 Å². The van der Waals surface area contributed by atoms with E-state index in [0.717, 1.165) is 31.5 Å². The number of piperidine rings is 1. The van der Waals surface area contributed by atoms with Gasteiger partial charge in [-0.2, -0.15) is 4.98 Å².